The SMILES string of the molecule is CCC(C)(C(NN)C1=COCCC1)N(C)C. The van der Waals surface area contributed by atoms with E-state index in [1.54, 1.807) is 0 Å². The van der Waals surface area contributed by atoms with E-state index in [4.69, 9.17) is 10.6 Å². The molecule has 2 atom stereocenters. The van der Waals surface area contributed by atoms with Crippen LogP contribution in [0.4, 0.5) is 0 Å². The van der Waals surface area contributed by atoms with E-state index in [0.717, 1.165) is 25.9 Å². The number of nitrogens with one attached hydrogen (secondary N) is 1. The van der Waals surface area contributed by atoms with Gasteiger partial charge in [-0.3, -0.25) is 11.3 Å². The summed E-state index contributed by atoms with van der Waals surface area (Å²) in [5.41, 5.74) is 4.24. The van der Waals surface area contributed by atoms with Gasteiger partial charge in [0.1, 0.15) is 0 Å². The monoisotopic (exact) mass is 227 g/mol. The molecule has 0 aromatic rings. The second kappa shape index (κ2) is 5.66. The molecule has 0 amide bonds. The van der Waals surface area contributed by atoms with E-state index in [9.17, 15) is 0 Å². The number of hydrogen-bond acceptors (Lipinski definition) is 4. The second-order valence-electron chi connectivity index (χ2n) is 4.87. The highest BCUT2D eigenvalue weighted by Crippen LogP contribution is 2.29. The molecule has 0 aliphatic carbocycles. The highest BCUT2D eigenvalue weighted by atomic mass is 16.5. The zero-order chi connectivity index (χ0) is 12.2. The van der Waals surface area contributed by atoms with Gasteiger partial charge in [0.25, 0.3) is 0 Å². The Hall–Kier alpha value is -0.580. The first-order chi connectivity index (χ1) is 7.56. The summed E-state index contributed by atoms with van der Waals surface area (Å²) < 4.78 is 5.41. The lowest BCUT2D eigenvalue weighted by molar-refractivity contribution is 0.118. The molecule has 0 aromatic carbocycles. The van der Waals surface area contributed by atoms with E-state index in [1.807, 2.05) is 6.26 Å². The number of nitrogens with zero attached hydrogens (tertiary/aromatic N) is 1. The highest BCUT2D eigenvalue weighted by Gasteiger charge is 2.36. The summed E-state index contributed by atoms with van der Waals surface area (Å²) in [5.74, 6) is 5.73. The zero-order valence-corrected chi connectivity index (χ0v) is 10.9. The van der Waals surface area contributed by atoms with Gasteiger partial charge in [0, 0.05) is 5.54 Å². The van der Waals surface area contributed by atoms with Crippen LogP contribution in [0.25, 0.3) is 0 Å². The summed E-state index contributed by atoms with van der Waals surface area (Å²) >= 11 is 0. The largest absolute Gasteiger partial charge is 0.501 e. The summed E-state index contributed by atoms with van der Waals surface area (Å²) in [6.45, 7) is 5.24. The summed E-state index contributed by atoms with van der Waals surface area (Å²) in [4.78, 5) is 2.23. The topological polar surface area (TPSA) is 50.5 Å². The van der Waals surface area contributed by atoms with Crippen LogP contribution in [0.3, 0.4) is 0 Å². The molecular weight excluding hydrogens is 202 g/mol. The zero-order valence-electron chi connectivity index (χ0n) is 10.9. The number of likely N-dealkylation sites (N-methyl/N-ethyl adjacent to an activating group) is 1. The quantitative estimate of drug-likeness (QED) is 0.548. The lowest BCUT2D eigenvalue weighted by Gasteiger charge is -2.43. The fourth-order valence-electron chi connectivity index (χ4n) is 2.26. The third-order valence-corrected chi connectivity index (χ3v) is 3.86. The van der Waals surface area contributed by atoms with Gasteiger partial charge < -0.3 is 9.64 Å². The maximum absolute atomic E-state index is 5.73. The van der Waals surface area contributed by atoms with Crippen LogP contribution in [0.15, 0.2) is 11.8 Å². The summed E-state index contributed by atoms with van der Waals surface area (Å²) in [6.07, 6.45) is 5.06. The molecule has 2 unspecified atom stereocenters. The molecule has 0 aromatic heterocycles. The minimum atomic E-state index is 0.0152. The minimum Gasteiger partial charge on any atom is -0.501 e. The normalized spacial score (nSPS) is 22.2. The van der Waals surface area contributed by atoms with Gasteiger partial charge >= 0.3 is 0 Å². The van der Waals surface area contributed by atoms with Crippen molar-refractivity contribution >= 4 is 0 Å². The number of rotatable bonds is 5. The van der Waals surface area contributed by atoms with Crippen molar-refractivity contribution < 1.29 is 4.74 Å². The molecule has 16 heavy (non-hydrogen) atoms. The van der Waals surface area contributed by atoms with E-state index in [-0.39, 0.29) is 11.6 Å². The van der Waals surface area contributed by atoms with Crippen LogP contribution in [0.1, 0.15) is 33.1 Å². The van der Waals surface area contributed by atoms with Crippen LogP contribution in [0, 0.1) is 0 Å². The smallest absolute Gasteiger partial charge is 0.0876 e. The number of nitrogens with two attached hydrogens (primary N) is 1. The van der Waals surface area contributed by atoms with Crippen molar-refractivity contribution in [1.82, 2.24) is 10.3 Å². The van der Waals surface area contributed by atoms with Crippen molar-refractivity contribution in [3.8, 4) is 0 Å². The molecule has 0 bridgehead atoms. The summed E-state index contributed by atoms with van der Waals surface area (Å²) in [7, 11) is 4.19. The maximum atomic E-state index is 5.73. The third-order valence-electron chi connectivity index (χ3n) is 3.86. The molecule has 94 valence electrons. The van der Waals surface area contributed by atoms with E-state index >= 15 is 0 Å². The molecule has 0 saturated carbocycles. The van der Waals surface area contributed by atoms with Gasteiger partial charge in [-0.05, 0) is 45.9 Å². The summed E-state index contributed by atoms with van der Waals surface area (Å²) in [5, 5.41) is 0. The Labute approximate surface area is 98.8 Å². The maximum Gasteiger partial charge on any atom is 0.0876 e. The highest BCUT2D eigenvalue weighted by molar-refractivity contribution is 5.17. The Morgan fingerprint density at radius 3 is 2.69 bits per heavy atom. The fourth-order valence-corrected chi connectivity index (χ4v) is 2.26. The van der Waals surface area contributed by atoms with Crippen molar-refractivity contribution in [2.45, 2.75) is 44.7 Å². The third kappa shape index (κ3) is 2.56. The molecule has 1 rings (SSSR count). The predicted molar refractivity (Wildman–Crippen MR) is 66.8 cm³/mol. The Kier molecular flexibility index (Phi) is 4.77. The molecule has 0 spiro atoms. The Bertz CT molecular complexity index is 253. The van der Waals surface area contributed by atoms with Crippen molar-refractivity contribution in [2.75, 3.05) is 20.7 Å². The molecule has 1 heterocycles. The number of ether oxygens (including phenoxy) is 1. The van der Waals surface area contributed by atoms with Crippen LogP contribution in [0.5, 0.6) is 0 Å². The van der Waals surface area contributed by atoms with E-state index in [2.05, 4.69) is 38.3 Å². The van der Waals surface area contributed by atoms with Gasteiger partial charge in [0.05, 0.1) is 18.9 Å². The predicted octanol–water partition coefficient (Wildman–Crippen LogP) is 1.24. The number of hydrogen-bond donors (Lipinski definition) is 2. The van der Waals surface area contributed by atoms with E-state index in [0.29, 0.717) is 0 Å². The second-order valence-corrected chi connectivity index (χ2v) is 4.87. The van der Waals surface area contributed by atoms with Crippen LogP contribution in [-0.4, -0.2) is 37.2 Å². The van der Waals surface area contributed by atoms with Crippen LogP contribution < -0.4 is 11.3 Å². The minimum absolute atomic E-state index is 0.0152. The fraction of sp³-hybridized carbons (Fsp3) is 0.833. The molecule has 0 radical (unpaired) electrons. The first-order valence-corrected chi connectivity index (χ1v) is 6.00. The Morgan fingerprint density at radius 2 is 2.31 bits per heavy atom. The molecule has 3 N–H and O–H groups in total. The van der Waals surface area contributed by atoms with Crippen molar-refractivity contribution in [3.05, 3.63) is 11.8 Å². The lowest BCUT2D eigenvalue weighted by atomic mass is 9.82. The Morgan fingerprint density at radius 1 is 1.62 bits per heavy atom. The van der Waals surface area contributed by atoms with Crippen LogP contribution in [-0.2, 0) is 4.74 Å². The Balaban J connectivity index is 2.90. The molecule has 0 fully saturated rings. The van der Waals surface area contributed by atoms with Gasteiger partial charge in [0.15, 0.2) is 0 Å². The van der Waals surface area contributed by atoms with Gasteiger partial charge in [0.2, 0.25) is 0 Å². The van der Waals surface area contributed by atoms with Crippen LogP contribution >= 0.6 is 0 Å². The van der Waals surface area contributed by atoms with Crippen molar-refractivity contribution in [1.29, 1.82) is 0 Å². The summed E-state index contributed by atoms with van der Waals surface area (Å²) in [6, 6.07) is 0.146. The molecular formula is C12H25N3O. The lowest BCUT2D eigenvalue weighted by Crippen LogP contribution is -2.59. The average Bonchev–Trinajstić information content (AvgIpc) is 2.30. The molecule has 1 aliphatic heterocycles. The van der Waals surface area contributed by atoms with Gasteiger partial charge in [-0.1, -0.05) is 6.92 Å². The van der Waals surface area contributed by atoms with Gasteiger partial charge in [-0.25, -0.2) is 0 Å². The van der Waals surface area contributed by atoms with Crippen LogP contribution in [0.2, 0.25) is 0 Å². The van der Waals surface area contributed by atoms with Crippen molar-refractivity contribution in [2.24, 2.45) is 5.84 Å². The number of hydrazine groups is 1. The molecule has 4 heteroatoms. The molecule has 4 nitrogen and oxygen atoms in total. The molecule has 0 saturated heterocycles. The average molecular weight is 227 g/mol. The first-order valence-electron chi connectivity index (χ1n) is 6.00. The van der Waals surface area contributed by atoms with Crippen molar-refractivity contribution in [3.63, 3.8) is 0 Å². The standard InChI is InChI=1S/C12H25N3O/c1-5-12(2,15(3)4)11(14-13)10-7-6-8-16-9-10/h9,11,14H,5-8,13H2,1-4H3. The van der Waals surface area contributed by atoms with Gasteiger partial charge in [-0.15, -0.1) is 0 Å². The first kappa shape index (κ1) is 13.5. The molecule has 1 aliphatic rings. The van der Waals surface area contributed by atoms with Gasteiger partial charge in [-0.2, -0.15) is 0 Å². The van der Waals surface area contributed by atoms with E-state index in [1.165, 1.54) is 5.57 Å². The van der Waals surface area contributed by atoms with E-state index < -0.39 is 0 Å².